The van der Waals surface area contributed by atoms with Crippen LogP contribution in [0.5, 0.6) is 0 Å². The van der Waals surface area contributed by atoms with E-state index < -0.39 is 0 Å². The maximum atomic E-state index is 2.66. The molecule has 7 aromatic rings. The number of hydrogen-bond donors (Lipinski definition) is 0. The summed E-state index contributed by atoms with van der Waals surface area (Å²) in [6.07, 6.45) is 8.91. The second-order valence-corrected chi connectivity index (χ2v) is 30.9. The maximum absolute atomic E-state index is 2.66. The third kappa shape index (κ3) is 9.48. The van der Waals surface area contributed by atoms with Crippen molar-refractivity contribution < 1.29 is 0 Å². The first-order valence-corrected chi connectivity index (χ1v) is 31.8. The van der Waals surface area contributed by atoms with E-state index in [-0.39, 0.29) is 50.0 Å². The molecule has 7 aromatic carbocycles. The van der Waals surface area contributed by atoms with Crippen LogP contribution in [0.25, 0.3) is 0 Å². The third-order valence-electron chi connectivity index (χ3n) is 22.4. The van der Waals surface area contributed by atoms with Gasteiger partial charge in [-0.05, 0) is 228 Å². The molecule has 0 amide bonds. The fourth-order valence-electron chi connectivity index (χ4n) is 14.3. The number of benzene rings is 7. The molecule has 82 heavy (non-hydrogen) atoms. The molecular formula is C78H98BN3. The summed E-state index contributed by atoms with van der Waals surface area (Å²) in [5.41, 5.74) is 26.8. The summed E-state index contributed by atoms with van der Waals surface area (Å²) in [5, 5.41) is 0. The molecule has 0 aromatic heterocycles. The normalized spacial score (nSPS) is 17.6. The first kappa shape index (κ1) is 57.8. The van der Waals surface area contributed by atoms with Gasteiger partial charge in [0.2, 0.25) is 0 Å². The highest BCUT2D eigenvalue weighted by molar-refractivity contribution is 7.00. The second kappa shape index (κ2) is 19.8. The van der Waals surface area contributed by atoms with Crippen LogP contribution in [0.3, 0.4) is 0 Å². The van der Waals surface area contributed by atoms with Crippen molar-refractivity contribution in [3.63, 3.8) is 0 Å². The SMILES string of the molecule is CCC(C)(C)c1ccc(N2c3ccc(C(C)(C)CC)cc3B3c4cc(C(C)(C)CC)ccc4N(c4ccc(C(C)(C)CC)cc4)c4cc(N(c5ccc6c(c5)C(C)(C)CCC6(C)C)c5ccc6c(c5)C(C)(C)CCC6(C)C)cc2c43)cc1. The van der Waals surface area contributed by atoms with Gasteiger partial charge in [0.25, 0.3) is 6.71 Å². The largest absolute Gasteiger partial charge is 0.311 e. The molecule has 4 aliphatic rings. The van der Waals surface area contributed by atoms with Crippen LogP contribution >= 0.6 is 0 Å². The summed E-state index contributed by atoms with van der Waals surface area (Å²) in [7, 11) is 0. The Labute approximate surface area is 497 Å². The molecule has 0 saturated carbocycles. The number of rotatable bonds is 13. The Morgan fingerprint density at radius 3 is 1.01 bits per heavy atom. The zero-order chi connectivity index (χ0) is 59.1. The van der Waals surface area contributed by atoms with Crippen LogP contribution in [0.1, 0.15) is 234 Å². The standard InChI is InChI=1S/C78H98BN3/c1-21-71(5,6)51-25-31-55(32-26-51)81-66-39-29-53(73(9,10)23-3)45-64(66)79-65-46-54(74(11,12)24-4)30-40-67(65)82(56-33-27-52(28-34-56)72(7,8)22-2)69-50-59(49-68(81)70(69)79)80(57-35-37-60-62(47-57)77(17,18)43-41-75(60,13)14)58-36-38-61-63(48-58)78(19,20)44-42-76(61,15)16/h25-40,45-50H,21-24,41-44H2,1-20H3. The van der Waals surface area contributed by atoms with E-state index in [2.05, 4.69) is 287 Å². The van der Waals surface area contributed by atoms with Gasteiger partial charge in [0.15, 0.2) is 0 Å². The molecule has 0 radical (unpaired) electrons. The zero-order valence-corrected chi connectivity index (χ0v) is 54.3. The van der Waals surface area contributed by atoms with E-state index in [1.807, 2.05) is 0 Å². The summed E-state index contributed by atoms with van der Waals surface area (Å²) >= 11 is 0. The maximum Gasteiger partial charge on any atom is 0.252 e. The van der Waals surface area contributed by atoms with Crippen molar-refractivity contribution in [3.8, 4) is 0 Å². The Kier molecular flexibility index (Phi) is 14.0. The lowest BCUT2D eigenvalue weighted by atomic mass is 9.33. The Hall–Kier alpha value is -6.00. The molecule has 0 saturated heterocycles. The van der Waals surface area contributed by atoms with E-state index in [4.69, 9.17) is 0 Å². The molecule has 0 unspecified atom stereocenters. The van der Waals surface area contributed by atoms with Gasteiger partial charge in [-0.2, -0.15) is 0 Å². The van der Waals surface area contributed by atoms with Gasteiger partial charge >= 0.3 is 0 Å². The van der Waals surface area contributed by atoms with Gasteiger partial charge in [-0.3, -0.25) is 0 Å². The summed E-state index contributed by atoms with van der Waals surface area (Å²) in [5.74, 6) is 0. The van der Waals surface area contributed by atoms with Gasteiger partial charge in [-0.25, -0.2) is 0 Å². The third-order valence-corrected chi connectivity index (χ3v) is 22.4. The van der Waals surface area contributed by atoms with Gasteiger partial charge in [0.1, 0.15) is 0 Å². The highest BCUT2D eigenvalue weighted by Crippen LogP contribution is 2.54. The Balaban J connectivity index is 1.29. The summed E-state index contributed by atoms with van der Waals surface area (Å²) < 4.78 is 0. The molecular weight excluding hydrogens is 990 g/mol. The molecule has 0 fully saturated rings. The molecule has 0 spiro atoms. The van der Waals surface area contributed by atoms with Gasteiger partial charge in [0, 0.05) is 45.5 Å². The van der Waals surface area contributed by atoms with Crippen LogP contribution < -0.4 is 31.1 Å². The van der Waals surface area contributed by atoms with Crippen LogP contribution in [0.15, 0.2) is 133 Å². The highest BCUT2D eigenvalue weighted by atomic mass is 15.2. The van der Waals surface area contributed by atoms with Crippen LogP contribution in [-0.2, 0) is 43.3 Å². The predicted octanol–water partition coefficient (Wildman–Crippen LogP) is 20.7. The lowest BCUT2D eigenvalue weighted by Crippen LogP contribution is -2.61. The van der Waals surface area contributed by atoms with Crippen LogP contribution in [0, 0.1) is 0 Å². The smallest absolute Gasteiger partial charge is 0.252 e. The van der Waals surface area contributed by atoms with E-state index in [0.717, 1.165) is 44.2 Å². The average Bonchev–Trinajstić information content (AvgIpc) is 2.31. The number of hydrogen-bond acceptors (Lipinski definition) is 3. The monoisotopic (exact) mass is 1090 g/mol. The van der Waals surface area contributed by atoms with E-state index in [9.17, 15) is 0 Å². The molecule has 4 heteroatoms. The minimum Gasteiger partial charge on any atom is -0.311 e. The first-order valence-electron chi connectivity index (χ1n) is 31.8. The van der Waals surface area contributed by atoms with E-state index in [0.29, 0.717) is 0 Å². The first-order chi connectivity index (χ1) is 38.4. The lowest BCUT2D eigenvalue weighted by molar-refractivity contribution is 0.332. The quantitative estimate of drug-likeness (QED) is 0.107. The van der Waals surface area contributed by atoms with Crippen LogP contribution in [0.2, 0.25) is 0 Å². The summed E-state index contributed by atoms with van der Waals surface area (Å²) in [4.78, 5) is 7.97. The Morgan fingerprint density at radius 2 is 0.671 bits per heavy atom. The Bertz CT molecular complexity index is 3370. The zero-order valence-electron chi connectivity index (χ0n) is 54.3. The number of anilines is 9. The van der Waals surface area contributed by atoms with Gasteiger partial charge in [-0.1, -0.05) is 199 Å². The van der Waals surface area contributed by atoms with Crippen molar-refractivity contribution in [3.05, 3.63) is 178 Å². The molecule has 2 heterocycles. The average molecular weight is 1090 g/mol. The van der Waals surface area contributed by atoms with E-state index in [1.54, 1.807) is 0 Å². The molecule has 0 bridgehead atoms. The van der Waals surface area contributed by atoms with Crippen LogP contribution in [0.4, 0.5) is 51.2 Å². The molecule has 2 aliphatic heterocycles. The molecule has 3 nitrogen and oxygen atoms in total. The van der Waals surface area contributed by atoms with Crippen molar-refractivity contribution in [2.75, 3.05) is 14.7 Å². The molecule has 0 atom stereocenters. The van der Waals surface area contributed by atoms with Crippen molar-refractivity contribution >= 4 is 74.3 Å². The fraction of sp³-hybridized carbons (Fsp3) is 0.462. The van der Waals surface area contributed by atoms with Gasteiger partial charge < -0.3 is 14.7 Å². The van der Waals surface area contributed by atoms with Gasteiger partial charge in [-0.15, -0.1) is 0 Å². The molecule has 11 rings (SSSR count). The minimum absolute atomic E-state index is 0.0123. The minimum atomic E-state index is -0.0274. The fourth-order valence-corrected chi connectivity index (χ4v) is 14.3. The predicted molar refractivity (Wildman–Crippen MR) is 359 cm³/mol. The van der Waals surface area contributed by atoms with Gasteiger partial charge in [0.05, 0.1) is 5.69 Å². The topological polar surface area (TPSA) is 9.72 Å². The molecule has 2 aliphatic carbocycles. The lowest BCUT2D eigenvalue weighted by Gasteiger charge is -2.46. The summed E-state index contributed by atoms with van der Waals surface area (Å²) in [6, 6.07) is 54.7. The van der Waals surface area contributed by atoms with Crippen molar-refractivity contribution in [2.45, 2.75) is 233 Å². The highest BCUT2D eigenvalue weighted by Gasteiger charge is 2.46. The second-order valence-electron chi connectivity index (χ2n) is 30.9. The number of fused-ring (bicyclic) bond motifs is 6. The number of nitrogens with zero attached hydrogens (tertiary/aromatic N) is 3. The van der Waals surface area contributed by atoms with Crippen molar-refractivity contribution in [2.24, 2.45) is 0 Å². The van der Waals surface area contributed by atoms with E-state index >= 15 is 0 Å². The molecule has 428 valence electrons. The van der Waals surface area contributed by atoms with Crippen molar-refractivity contribution in [1.29, 1.82) is 0 Å². The van der Waals surface area contributed by atoms with Crippen molar-refractivity contribution in [1.82, 2.24) is 0 Å². The summed E-state index contributed by atoms with van der Waals surface area (Å²) in [6.45, 7) is 48.3. The Morgan fingerprint density at radius 1 is 0.354 bits per heavy atom. The molecule has 0 N–H and O–H groups in total. The van der Waals surface area contributed by atoms with Crippen LogP contribution in [-0.4, -0.2) is 6.71 Å². The van der Waals surface area contributed by atoms with E-state index in [1.165, 1.54) is 119 Å².